The van der Waals surface area contributed by atoms with Gasteiger partial charge in [0.2, 0.25) is 0 Å². The Morgan fingerprint density at radius 3 is 2.63 bits per heavy atom. The molecule has 12 heteroatoms. The average molecular weight is 615 g/mol. The molecule has 4 heterocycles. The van der Waals surface area contributed by atoms with Crippen LogP contribution in [0.3, 0.4) is 0 Å². The van der Waals surface area contributed by atoms with Crippen LogP contribution in [0.4, 0.5) is 4.39 Å². The largest absolute Gasteiger partial charge is 0.463 e. The Balaban J connectivity index is 1.50. The minimum absolute atomic E-state index is 0.121. The van der Waals surface area contributed by atoms with Gasteiger partial charge in [-0.25, -0.2) is 19.2 Å². The number of hydrogen-bond acceptors (Lipinski definition) is 9. The van der Waals surface area contributed by atoms with Gasteiger partial charge in [-0.3, -0.25) is 14.2 Å². The first kappa shape index (κ1) is 28.3. The molecule has 6 rings (SSSR count). The molecular formula is C31H23FN4O5S2. The van der Waals surface area contributed by atoms with Crippen molar-refractivity contribution in [3.8, 4) is 0 Å². The molecule has 0 unspecified atom stereocenters. The molecule has 0 radical (unpaired) electrons. The molecule has 1 aliphatic heterocycles. The molecule has 43 heavy (non-hydrogen) atoms. The Morgan fingerprint density at radius 1 is 1.14 bits per heavy atom. The van der Waals surface area contributed by atoms with Crippen LogP contribution in [-0.4, -0.2) is 27.1 Å². The number of fused-ring (bicyclic) bond motifs is 1. The molecule has 0 aliphatic carbocycles. The van der Waals surface area contributed by atoms with Crippen LogP contribution in [0.25, 0.3) is 11.8 Å². The maximum atomic E-state index is 13.9. The fraction of sp³-hybridized carbons (Fsp3) is 0.129. The first-order valence-electron chi connectivity index (χ1n) is 13.2. The van der Waals surface area contributed by atoms with E-state index in [0.29, 0.717) is 47.9 Å². The fourth-order valence-electron chi connectivity index (χ4n) is 4.69. The van der Waals surface area contributed by atoms with E-state index in [1.807, 2.05) is 30.3 Å². The highest BCUT2D eigenvalue weighted by molar-refractivity contribution is 7.99. The van der Waals surface area contributed by atoms with Gasteiger partial charge in [-0.2, -0.15) is 0 Å². The van der Waals surface area contributed by atoms with Gasteiger partial charge >= 0.3 is 5.97 Å². The number of aryl methyl sites for hydroxylation is 1. The van der Waals surface area contributed by atoms with E-state index in [-0.39, 0.29) is 17.7 Å². The number of thiazole rings is 1. The first-order chi connectivity index (χ1) is 20.8. The smallest absolute Gasteiger partial charge is 0.338 e. The lowest BCUT2D eigenvalue weighted by Crippen LogP contribution is -2.40. The van der Waals surface area contributed by atoms with Crippen LogP contribution in [0.1, 0.15) is 35.5 Å². The zero-order valence-corrected chi connectivity index (χ0v) is 24.5. The molecule has 1 N–H and O–H groups in total. The third kappa shape index (κ3) is 5.79. The molecule has 0 fully saturated rings. The maximum absolute atomic E-state index is 13.9. The van der Waals surface area contributed by atoms with Gasteiger partial charge in [-0.05, 0) is 55.4 Å². The van der Waals surface area contributed by atoms with Crippen molar-refractivity contribution in [3.63, 3.8) is 0 Å². The summed E-state index contributed by atoms with van der Waals surface area (Å²) in [7, 11) is 0. The zero-order valence-electron chi connectivity index (χ0n) is 22.9. The summed E-state index contributed by atoms with van der Waals surface area (Å²) >= 11 is 2.29. The van der Waals surface area contributed by atoms with E-state index in [4.69, 9.17) is 14.1 Å². The van der Waals surface area contributed by atoms with E-state index in [9.17, 15) is 18.8 Å². The number of carbonyl (C=O) groups excluding carboxylic acids is 1. The summed E-state index contributed by atoms with van der Waals surface area (Å²) in [4.78, 5) is 51.3. The Hall–Kier alpha value is -4.81. The maximum Gasteiger partial charge on any atom is 0.338 e. The molecule has 1 aliphatic rings. The monoisotopic (exact) mass is 614 g/mol. The van der Waals surface area contributed by atoms with Crippen molar-refractivity contribution in [1.29, 1.82) is 0 Å². The van der Waals surface area contributed by atoms with Crippen molar-refractivity contribution in [2.24, 2.45) is 4.99 Å². The summed E-state index contributed by atoms with van der Waals surface area (Å²) in [5, 5.41) is 0.845. The number of ether oxygens (including phenoxy) is 1. The normalized spacial score (nSPS) is 14.9. The number of aromatic amines is 1. The predicted molar refractivity (Wildman–Crippen MR) is 160 cm³/mol. The van der Waals surface area contributed by atoms with Crippen LogP contribution >= 0.6 is 23.1 Å². The van der Waals surface area contributed by atoms with E-state index < -0.39 is 23.4 Å². The molecule has 5 aromatic rings. The second-order valence-electron chi connectivity index (χ2n) is 9.43. The van der Waals surface area contributed by atoms with Crippen LogP contribution in [-0.2, 0) is 9.53 Å². The van der Waals surface area contributed by atoms with Crippen molar-refractivity contribution >= 4 is 40.8 Å². The van der Waals surface area contributed by atoms with E-state index in [1.165, 1.54) is 22.8 Å². The SMILES string of the molecule is CCOC(=O)C1=C(c2ccccc2)N=c2s/c(=C/c3ccc(Sc4nc(C)cc(=O)[nH]4)o3)c(=O)n2[C@@H]1c1ccc(F)cc1. The lowest BCUT2D eigenvalue weighted by atomic mass is 9.93. The molecule has 1 atom stereocenters. The molecular weight excluding hydrogens is 591 g/mol. The molecule has 9 nitrogen and oxygen atoms in total. The number of esters is 1. The number of furan rings is 1. The minimum atomic E-state index is -0.916. The Labute approximate surface area is 251 Å². The summed E-state index contributed by atoms with van der Waals surface area (Å²) < 4.78 is 27.0. The standard InChI is InChI=1S/C31H23FN4O5S2/c1-3-40-29(39)25-26(18-7-5-4-6-8-18)35-31-36(27(25)19-9-11-20(32)12-10-19)28(38)22(42-31)16-21-13-14-24(41-21)43-30-33-17(2)15-23(37)34-30/h4-16,27H,3H2,1-2H3,(H,33,34,37)/b22-16+/t27-/m1/s1. The molecule has 0 saturated carbocycles. The quantitative estimate of drug-likeness (QED) is 0.216. The molecule has 2 aromatic carbocycles. The van der Waals surface area contributed by atoms with Crippen molar-refractivity contribution in [2.75, 3.05) is 6.61 Å². The van der Waals surface area contributed by atoms with Gasteiger partial charge in [0, 0.05) is 23.4 Å². The number of hydrogen-bond donors (Lipinski definition) is 1. The van der Waals surface area contributed by atoms with Crippen LogP contribution < -0.4 is 20.5 Å². The van der Waals surface area contributed by atoms with Crippen LogP contribution in [0.15, 0.2) is 108 Å². The highest BCUT2D eigenvalue weighted by Gasteiger charge is 2.35. The second kappa shape index (κ2) is 11.8. The topological polar surface area (TPSA) is 120 Å². The highest BCUT2D eigenvalue weighted by Crippen LogP contribution is 2.35. The van der Waals surface area contributed by atoms with Crippen LogP contribution in [0.2, 0.25) is 0 Å². The number of aromatic nitrogens is 3. The van der Waals surface area contributed by atoms with Crippen molar-refractivity contribution in [2.45, 2.75) is 30.1 Å². The molecule has 0 bridgehead atoms. The van der Waals surface area contributed by atoms with E-state index in [1.54, 1.807) is 44.2 Å². The van der Waals surface area contributed by atoms with E-state index >= 15 is 0 Å². The Kier molecular flexibility index (Phi) is 7.78. The van der Waals surface area contributed by atoms with E-state index in [0.717, 1.165) is 23.1 Å². The summed E-state index contributed by atoms with van der Waals surface area (Å²) in [6.07, 6.45) is 1.60. The molecule has 3 aromatic heterocycles. The number of halogens is 1. The molecule has 216 valence electrons. The predicted octanol–water partition coefficient (Wildman–Crippen LogP) is 4.21. The third-order valence-corrected chi connectivity index (χ3v) is 8.27. The van der Waals surface area contributed by atoms with Gasteiger partial charge in [0.05, 0.1) is 28.5 Å². The minimum Gasteiger partial charge on any atom is -0.463 e. The number of H-pyrrole nitrogens is 1. The molecule has 0 saturated heterocycles. The Bertz CT molecular complexity index is 2110. The van der Waals surface area contributed by atoms with Gasteiger partial charge in [0.1, 0.15) is 11.6 Å². The van der Waals surface area contributed by atoms with Gasteiger partial charge in [-0.15, -0.1) is 0 Å². The number of carbonyl (C=O) groups is 1. The average Bonchev–Trinajstić information content (AvgIpc) is 3.55. The van der Waals surface area contributed by atoms with Gasteiger partial charge in [-0.1, -0.05) is 53.8 Å². The zero-order chi connectivity index (χ0) is 30.1. The first-order valence-corrected chi connectivity index (χ1v) is 14.8. The van der Waals surface area contributed by atoms with Crippen LogP contribution in [0.5, 0.6) is 0 Å². The summed E-state index contributed by atoms with van der Waals surface area (Å²) in [5.74, 6) is -0.671. The van der Waals surface area contributed by atoms with Crippen molar-refractivity contribution in [1.82, 2.24) is 14.5 Å². The number of rotatable bonds is 7. The summed E-state index contributed by atoms with van der Waals surface area (Å²) in [5.41, 5.74) is 1.65. The van der Waals surface area contributed by atoms with Gasteiger partial charge < -0.3 is 14.1 Å². The fourth-order valence-corrected chi connectivity index (χ4v) is 6.48. The highest BCUT2D eigenvalue weighted by atomic mass is 32.2. The third-order valence-electron chi connectivity index (χ3n) is 6.48. The number of nitrogens with one attached hydrogen (secondary N) is 1. The lowest BCUT2D eigenvalue weighted by Gasteiger charge is -2.25. The van der Waals surface area contributed by atoms with Crippen LogP contribution in [0, 0.1) is 12.7 Å². The number of benzene rings is 2. The van der Waals surface area contributed by atoms with Crippen molar-refractivity contribution in [3.05, 3.63) is 137 Å². The summed E-state index contributed by atoms with van der Waals surface area (Å²) in [6, 6.07) is 18.7. The van der Waals surface area contributed by atoms with E-state index in [2.05, 4.69) is 9.97 Å². The lowest BCUT2D eigenvalue weighted by molar-refractivity contribution is -0.138. The number of nitrogens with zero attached hydrogens (tertiary/aromatic N) is 3. The van der Waals surface area contributed by atoms with Crippen molar-refractivity contribution < 1.29 is 18.3 Å². The Morgan fingerprint density at radius 2 is 1.91 bits per heavy atom. The summed E-state index contributed by atoms with van der Waals surface area (Å²) in [6.45, 7) is 3.55. The molecule has 0 spiro atoms. The van der Waals surface area contributed by atoms with Gasteiger partial charge in [0.25, 0.3) is 11.1 Å². The molecule has 0 amide bonds. The van der Waals surface area contributed by atoms with Gasteiger partial charge in [0.15, 0.2) is 15.1 Å². The second-order valence-corrected chi connectivity index (χ2v) is 11.4.